The summed E-state index contributed by atoms with van der Waals surface area (Å²) in [6.07, 6.45) is 6.96. The van der Waals surface area contributed by atoms with Gasteiger partial charge in [-0.15, -0.1) is 5.10 Å². The van der Waals surface area contributed by atoms with Crippen LogP contribution in [0, 0.1) is 5.82 Å². The monoisotopic (exact) mass is 535 g/mol. The Balaban J connectivity index is 1.58. The first-order valence-corrected chi connectivity index (χ1v) is 12.0. The molecule has 0 saturated heterocycles. The number of rotatable bonds is 6. The number of tetrazole rings is 1. The molecule has 0 radical (unpaired) electrons. The molecule has 0 fully saturated rings. The molecule has 0 spiro atoms. The molecular weight excluding hydrogens is 513 g/mol. The van der Waals surface area contributed by atoms with E-state index < -0.39 is 11.9 Å². The number of H-pyrrole nitrogens is 1. The van der Waals surface area contributed by atoms with Gasteiger partial charge in [0.2, 0.25) is 5.90 Å². The lowest BCUT2D eigenvalue weighted by molar-refractivity contribution is 0.406. The van der Waals surface area contributed by atoms with E-state index in [0.29, 0.717) is 35.3 Å². The van der Waals surface area contributed by atoms with Crippen molar-refractivity contribution in [2.75, 3.05) is 14.2 Å². The molecule has 2 atom stereocenters. The number of methoxy groups -OCH3 is 1. The van der Waals surface area contributed by atoms with E-state index in [4.69, 9.17) is 21.3 Å². The van der Waals surface area contributed by atoms with Crippen LogP contribution in [0.15, 0.2) is 59.2 Å². The van der Waals surface area contributed by atoms with Crippen molar-refractivity contribution in [1.29, 1.82) is 0 Å². The molecule has 13 heteroatoms. The summed E-state index contributed by atoms with van der Waals surface area (Å²) in [5, 5.41) is 11.0. The highest BCUT2D eigenvalue weighted by Gasteiger charge is 2.34. The van der Waals surface area contributed by atoms with E-state index in [-0.39, 0.29) is 27.8 Å². The summed E-state index contributed by atoms with van der Waals surface area (Å²) >= 11 is 6.09. The minimum atomic E-state index is -0.718. The molecule has 0 amide bonds. The van der Waals surface area contributed by atoms with E-state index in [0.717, 1.165) is 5.57 Å². The second kappa shape index (κ2) is 10.1. The zero-order chi connectivity index (χ0) is 27.0. The van der Waals surface area contributed by atoms with E-state index in [1.807, 2.05) is 6.92 Å². The first kappa shape index (κ1) is 25.2. The van der Waals surface area contributed by atoms with Gasteiger partial charge in [0.05, 0.1) is 47.0 Å². The topological polar surface area (TPSA) is 129 Å². The predicted molar refractivity (Wildman–Crippen MR) is 140 cm³/mol. The number of nitrogens with zero attached hydrogens (tertiary/aromatic N) is 8. The Bertz CT molecular complexity index is 1640. The molecule has 0 aliphatic carbocycles. The fourth-order valence-corrected chi connectivity index (χ4v) is 4.73. The van der Waals surface area contributed by atoms with Crippen LogP contribution in [0.4, 0.5) is 4.39 Å². The Morgan fingerprint density at radius 1 is 1.39 bits per heavy atom. The summed E-state index contributed by atoms with van der Waals surface area (Å²) in [4.78, 5) is 30.1. The summed E-state index contributed by atoms with van der Waals surface area (Å²) in [7, 11) is 3.16. The van der Waals surface area contributed by atoms with Gasteiger partial charge in [-0.25, -0.2) is 14.4 Å². The first-order chi connectivity index (χ1) is 18.4. The standard InChI is InChI=1S/C25H23ClFN9O2/c1-5-14(9-20(28-3)38-4)17-11-29-24(31-17)19-8-13(2)25-32-16(10-21(37)36(19)25)22-18(35-12-30-33-34-35)7-6-15(26)23(22)27/h5-7,9-13,19H,1,8H2,2-4H3,(H,29,31)/b14-9+,28-20+/t13-,19-/m1/s1. The van der Waals surface area contributed by atoms with Gasteiger partial charge in [-0.1, -0.05) is 31.2 Å². The van der Waals surface area contributed by atoms with Crippen molar-refractivity contribution in [3.05, 3.63) is 88.0 Å². The van der Waals surface area contributed by atoms with Gasteiger partial charge >= 0.3 is 0 Å². The quantitative estimate of drug-likeness (QED) is 0.226. The van der Waals surface area contributed by atoms with Crippen LogP contribution in [0.5, 0.6) is 0 Å². The fourth-order valence-electron chi connectivity index (χ4n) is 4.57. The van der Waals surface area contributed by atoms with E-state index in [1.54, 1.807) is 36.0 Å². The third-order valence-corrected chi connectivity index (χ3v) is 6.68. The van der Waals surface area contributed by atoms with Crippen molar-refractivity contribution in [2.24, 2.45) is 4.99 Å². The lowest BCUT2D eigenvalue weighted by Crippen LogP contribution is -2.25. The van der Waals surface area contributed by atoms with Crippen LogP contribution >= 0.6 is 11.6 Å². The van der Waals surface area contributed by atoms with Crippen molar-refractivity contribution >= 4 is 23.1 Å². The number of hydrogen-bond donors (Lipinski definition) is 1. The highest BCUT2D eigenvalue weighted by molar-refractivity contribution is 6.31. The average Bonchev–Trinajstić information content (AvgIpc) is 3.67. The second-order valence-electron chi connectivity index (χ2n) is 8.62. The molecule has 4 aromatic rings. The minimum Gasteiger partial charge on any atom is -0.481 e. The Hall–Kier alpha value is -4.45. The van der Waals surface area contributed by atoms with Crippen LogP contribution < -0.4 is 5.56 Å². The number of aliphatic imine (C=N–C) groups is 1. The third kappa shape index (κ3) is 4.32. The number of allylic oxidation sites excluding steroid dienone is 2. The summed E-state index contributed by atoms with van der Waals surface area (Å²) in [6, 6.07) is 3.87. The summed E-state index contributed by atoms with van der Waals surface area (Å²) in [5.74, 6) is 0.700. The number of ether oxygens (including phenoxy) is 1. The number of benzene rings is 1. The number of nitrogens with one attached hydrogen (secondary N) is 1. The molecule has 1 aliphatic rings. The fraction of sp³-hybridized carbons (Fsp3) is 0.240. The minimum absolute atomic E-state index is 0.0357. The number of aromatic amines is 1. The molecule has 1 aliphatic heterocycles. The van der Waals surface area contributed by atoms with Gasteiger partial charge in [-0.2, -0.15) is 4.68 Å². The van der Waals surface area contributed by atoms with E-state index in [2.05, 4.69) is 37.1 Å². The van der Waals surface area contributed by atoms with Crippen LogP contribution in [-0.4, -0.2) is 59.8 Å². The van der Waals surface area contributed by atoms with E-state index >= 15 is 4.39 Å². The van der Waals surface area contributed by atoms with Crippen LogP contribution in [0.25, 0.3) is 22.5 Å². The molecule has 38 heavy (non-hydrogen) atoms. The molecule has 0 saturated carbocycles. The molecule has 194 valence electrons. The third-order valence-electron chi connectivity index (χ3n) is 6.38. The van der Waals surface area contributed by atoms with Gasteiger partial charge in [-0.3, -0.25) is 14.4 Å². The molecule has 0 unspecified atom stereocenters. The van der Waals surface area contributed by atoms with Crippen LogP contribution in [0.2, 0.25) is 5.02 Å². The maximum absolute atomic E-state index is 15.3. The zero-order valence-electron chi connectivity index (χ0n) is 20.8. The number of imidazole rings is 1. The van der Waals surface area contributed by atoms with Crippen molar-refractivity contribution in [3.63, 3.8) is 0 Å². The van der Waals surface area contributed by atoms with Crippen molar-refractivity contribution in [2.45, 2.75) is 25.3 Å². The molecule has 4 heterocycles. The average molecular weight is 536 g/mol. The maximum Gasteiger partial charge on any atom is 0.254 e. The maximum atomic E-state index is 15.3. The second-order valence-corrected chi connectivity index (χ2v) is 9.03. The Morgan fingerprint density at radius 2 is 2.21 bits per heavy atom. The molecular formula is C25H23ClFN9O2. The van der Waals surface area contributed by atoms with Gasteiger partial charge in [0, 0.05) is 30.7 Å². The largest absolute Gasteiger partial charge is 0.481 e. The molecule has 3 aromatic heterocycles. The highest BCUT2D eigenvalue weighted by atomic mass is 35.5. The van der Waals surface area contributed by atoms with Crippen molar-refractivity contribution < 1.29 is 9.13 Å². The SMILES string of the molecule is C=C/C(=C\C(=N/C)OC)c1cnc([C@H]2C[C@@H](C)c3nc(-c4c(-n5cnnn5)ccc(Cl)c4F)cc(=O)n32)[nH]1. The van der Waals surface area contributed by atoms with E-state index in [9.17, 15) is 4.79 Å². The van der Waals surface area contributed by atoms with Gasteiger partial charge in [0.15, 0.2) is 5.82 Å². The van der Waals surface area contributed by atoms with Crippen molar-refractivity contribution in [3.8, 4) is 16.9 Å². The number of aromatic nitrogens is 8. The lowest BCUT2D eigenvalue weighted by atomic mass is 10.1. The van der Waals surface area contributed by atoms with Crippen LogP contribution in [0.3, 0.4) is 0 Å². The van der Waals surface area contributed by atoms with Gasteiger partial charge in [0.1, 0.15) is 18.0 Å². The van der Waals surface area contributed by atoms with Gasteiger partial charge in [-0.05, 0) is 29.0 Å². The molecule has 1 N–H and O–H groups in total. The van der Waals surface area contributed by atoms with Gasteiger partial charge in [0.25, 0.3) is 5.56 Å². The normalized spacial score (nSPS) is 17.5. The molecule has 5 rings (SSSR count). The Morgan fingerprint density at radius 3 is 2.89 bits per heavy atom. The molecule has 1 aromatic carbocycles. The van der Waals surface area contributed by atoms with E-state index in [1.165, 1.54) is 30.3 Å². The number of fused-ring (bicyclic) bond motifs is 1. The zero-order valence-corrected chi connectivity index (χ0v) is 21.5. The summed E-state index contributed by atoms with van der Waals surface area (Å²) in [5.41, 5.74) is 1.56. The van der Waals surface area contributed by atoms with Gasteiger partial charge < -0.3 is 9.72 Å². The first-order valence-electron chi connectivity index (χ1n) is 11.6. The lowest BCUT2D eigenvalue weighted by Gasteiger charge is -2.15. The number of halogens is 2. The summed E-state index contributed by atoms with van der Waals surface area (Å²) in [6.45, 7) is 5.82. The smallest absolute Gasteiger partial charge is 0.254 e. The number of hydrogen-bond acceptors (Lipinski definition) is 8. The van der Waals surface area contributed by atoms with Crippen LogP contribution in [0.1, 0.15) is 42.6 Å². The molecule has 11 nitrogen and oxygen atoms in total. The Kier molecular flexibility index (Phi) is 6.72. The van der Waals surface area contributed by atoms with Crippen LogP contribution in [-0.2, 0) is 4.74 Å². The summed E-state index contributed by atoms with van der Waals surface area (Å²) < 4.78 is 23.4. The van der Waals surface area contributed by atoms with Crippen molar-refractivity contribution in [1.82, 2.24) is 39.7 Å². The highest BCUT2D eigenvalue weighted by Crippen LogP contribution is 2.39. The molecule has 0 bridgehead atoms. The Labute approximate surface area is 221 Å². The predicted octanol–water partition coefficient (Wildman–Crippen LogP) is 3.74.